The van der Waals surface area contributed by atoms with Crippen LogP contribution in [0.15, 0.2) is 36.4 Å². The number of fused-ring (bicyclic) bond motifs is 1. The molecule has 1 atom stereocenters. The molecule has 1 heterocycles. The Morgan fingerprint density at radius 3 is 2.71 bits per heavy atom. The molecule has 0 aromatic heterocycles. The molecule has 1 unspecified atom stereocenters. The zero-order chi connectivity index (χ0) is 21.8. The third kappa shape index (κ3) is 5.18. The lowest BCUT2D eigenvalue weighted by molar-refractivity contribution is -0.117. The van der Waals surface area contributed by atoms with E-state index in [9.17, 15) is 20.1 Å². The van der Waals surface area contributed by atoms with Gasteiger partial charge in [0.05, 0.1) is 19.3 Å². The smallest absolute Gasteiger partial charge is 0.238 e. The number of benzene rings is 2. The first-order valence-corrected chi connectivity index (χ1v) is 11.0. The first-order chi connectivity index (χ1) is 15.0. The van der Waals surface area contributed by atoms with Crippen LogP contribution < -0.4 is 10.6 Å². The Labute approximate surface area is 182 Å². The monoisotopic (exact) mass is 425 g/mol. The minimum atomic E-state index is -0.392. The normalized spacial score (nSPS) is 19.6. The summed E-state index contributed by atoms with van der Waals surface area (Å²) in [5, 5.41) is 35.9. The summed E-state index contributed by atoms with van der Waals surface area (Å²) in [5.41, 5.74) is 4.17. The summed E-state index contributed by atoms with van der Waals surface area (Å²) in [5.74, 6) is 0.0663. The minimum Gasteiger partial charge on any atom is -0.508 e. The molecule has 5 N–H and O–H groups in total. The third-order valence-electron chi connectivity index (χ3n) is 6.33. The highest BCUT2D eigenvalue weighted by atomic mass is 16.3. The molecular formula is C24H31N3O4. The van der Waals surface area contributed by atoms with Gasteiger partial charge in [0.15, 0.2) is 0 Å². The van der Waals surface area contributed by atoms with Crippen LogP contribution in [0.25, 0.3) is 0 Å². The van der Waals surface area contributed by atoms with Crippen molar-refractivity contribution in [2.24, 2.45) is 0 Å². The van der Waals surface area contributed by atoms with E-state index in [4.69, 9.17) is 0 Å². The van der Waals surface area contributed by atoms with Gasteiger partial charge in [-0.3, -0.25) is 9.69 Å². The number of hydrogen-bond acceptors (Lipinski definition) is 6. The van der Waals surface area contributed by atoms with E-state index in [0.29, 0.717) is 12.1 Å². The number of aliphatic hydroxyl groups is 2. The Morgan fingerprint density at radius 1 is 1.13 bits per heavy atom. The summed E-state index contributed by atoms with van der Waals surface area (Å²) < 4.78 is 0. The van der Waals surface area contributed by atoms with Gasteiger partial charge in [-0.2, -0.15) is 0 Å². The molecule has 0 spiro atoms. The molecule has 1 aliphatic carbocycles. The first-order valence-electron chi connectivity index (χ1n) is 11.0. The maximum atomic E-state index is 12.5. The minimum absolute atomic E-state index is 0.0294. The summed E-state index contributed by atoms with van der Waals surface area (Å²) in [4.78, 5) is 14.7. The molecule has 0 saturated carbocycles. The van der Waals surface area contributed by atoms with Crippen molar-refractivity contribution in [2.45, 2.75) is 50.9 Å². The quantitative estimate of drug-likeness (QED) is 0.488. The van der Waals surface area contributed by atoms with Crippen molar-refractivity contribution in [2.75, 3.05) is 30.3 Å². The van der Waals surface area contributed by atoms with Crippen molar-refractivity contribution < 1.29 is 20.1 Å². The molecule has 1 fully saturated rings. The van der Waals surface area contributed by atoms with E-state index in [-0.39, 0.29) is 24.3 Å². The molecule has 1 aliphatic heterocycles. The lowest BCUT2D eigenvalue weighted by Crippen LogP contribution is -2.42. The number of aryl methyl sites for hydroxylation is 1. The zero-order valence-corrected chi connectivity index (χ0v) is 17.7. The van der Waals surface area contributed by atoms with Crippen molar-refractivity contribution in [1.82, 2.24) is 4.90 Å². The van der Waals surface area contributed by atoms with Gasteiger partial charge < -0.3 is 26.0 Å². The van der Waals surface area contributed by atoms with E-state index in [1.807, 2.05) is 24.3 Å². The summed E-state index contributed by atoms with van der Waals surface area (Å²) in [6.45, 7) is 1.74. The van der Waals surface area contributed by atoms with Crippen LogP contribution in [-0.2, 0) is 17.8 Å². The molecular weight excluding hydrogens is 394 g/mol. The molecule has 7 nitrogen and oxygen atoms in total. The van der Waals surface area contributed by atoms with E-state index in [1.165, 1.54) is 0 Å². The third-order valence-corrected chi connectivity index (χ3v) is 6.33. The number of likely N-dealkylation sites (tertiary alicyclic amines) is 1. The van der Waals surface area contributed by atoms with Gasteiger partial charge in [-0.25, -0.2) is 0 Å². The number of amides is 1. The molecule has 2 aromatic rings. The van der Waals surface area contributed by atoms with Gasteiger partial charge in [0.25, 0.3) is 0 Å². The number of aromatic hydroxyl groups is 1. The standard InChI is InChI=1S/C24H31N3O4/c28-15-20-21(4-2-6-23(20)30)25-17-9-11-27(12-10-17)14-24(31)26-18-7-8-19-16(13-18)3-1-5-22(19)29/h2,4,6-8,13,17,22,25,28-30H,1,3,5,9-12,14-15H2,(H,26,31). The zero-order valence-electron chi connectivity index (χ0n) is 17.7. The van der Waals surface area contributed by atoms with Gasteiger partial charge in [-0.05, 0) is 67.5 Å². The molecule has 0 radical (unpaired) electrons. The van der Waals surface area contributed by atoms with Crippen molar-refractivity contribution >= 4 is 17.3 Å². The maximum Gasteiger partial charge on any atom is 0.238 e. The van der Waals surface area contributed by atoms with Crippen LogP contribution in [0.3, 0.4) is 0 Å². The molecule has 7 heteroatoms. The number of nitrogens with one attached hydrogen (secondary N) is 2. The highest BCUT2D eigenvalue weighted by Crippen LogP contribution is 2.31. The molecule has 1 saturated heterocycles. The summed E-state index contributed by atoms with van der Waals surface area (Å²) >= 11 is 0. The summed E-state index contributed by atoms with van der Waals surface area (Å²) in [6.07, 6.45) is 4.08. The van der Waals surface area contributed by atoms with Crippen LogP contribution in [0.5, 0.6) is 5.75 Å². The molecule has 2 aliphatic rings. The Balaban J connectivity index is 1.26. The van der Waals surface area contributed by atoms with E-state index in [1.54, 1.807) is 12.1 Å². The van der Waals surface area contributed by atoms with Crippen molar-refractivity contribution in [1.29, 1.82) is 0 Å². The van der Waals surface area contributed by atoms with Crippen LogP contribution in [-0.4, -0.2) is 51.8 Å². The molecule has 4 rings (SSSR count). The van der Waals surface area contributed by atoms with Gasteiger partial charge in [0, 0.05) is 36.1 Å². The van der Waals surface area contributed by atoms with E-state index in [2.05, 4.69) is 15.5 Å². The fraction of sp³-hybridized carbons (Fsp3) is 0.458. The topological polar surface area (TPSA) is 105 Å². The largest absolute Gasteiger partial charge is 0.508 e. The van der Waals surface area contributed by atoms with Crippen molar-refractivity contribution in [3.63, 3.8) is 0 Å². The fourth-order valence-electron chi connectivity index (χ4n) is 4.60. The lowest BCUT2D eigenvalue weighted by atomic mass is 9.89. The Kier molecular flexibility index (Phi) is 6.75. The second-order valence-electron chi connectivity index (χ2n) is 8.53. The second-order valence-corrected chi connectivity index (χ2v) is 8.53. The van der Waals surface area contributed by atoms with Crippen LogP contribution in [0.4, 0.5) is 11.4 Å². The van der Waals surface area contributed by atoms with E-state index >= 15 is 0 Å². The molecule has 31 heavy (non-hydrogen) atoms. The van der Waals surface area contributed by atoms with Crippen LogP contribution >= 0.6 is 0 Å². The average molecular weight is 426 g/mol. The van der Waals surface area contributed by atoms with Gasteiger partial charge in [0.2, 0.25) is 5.91 Å². The number of hydrogen-bond donors (Lipinski definition) is 5. The van der Waals surface area contributed by atoms with Crippen molar-refractivity contribution in [3.8, 4) is 5.75 Å². The predicted octanol–water partition coefficient (Wildman–Crippen LogP) is 2.77. The maximum absolute atomic E-state index is 12.5. The number of rotatable bonds is 6. The number of nitrogens with zero attached hydrogens (tertiary/aromatic N) is 1. The highest BCUT2D eigenvalue weighted by Gasteiger charge is 2.22. The number of carbonyl (C=O) groups excluding carboxylic acids is 1. The van der Waals surface area contributed by atoms with Gasteiger partial charge in [-0.15, -0.1) is 0 Å². The number of carbonyl (C=O) groups is 1. The predicted molar refractivity (Wildman–Crippen MR) is 120 cm³/mol. The summed E-state index contributed by atoms with van der Waals surface area (Å²) in [6, 6.07) is 11.2. The molecule has 2 aromatic carbocycles. The second kappa shape index (κ2) is 9.68. The van der Waals surface area contributed by atoms with Crippen LogP contribution in [0.2, 0.25) is 0 Å². The number of anilines is 2. The summed E-state index contributed by atoms with van der Waals surface area (Å²) in [7, 11) is 0. The Bertz CT molecular complexity index is 925. The molecule has 166 valence electrons. The van der Waals surface area contributed by atoms with Crippen molar-refractivity contribution in [3.05, 3.63) is 53.1 Å². The first kappa shape index (κ1) is 21.6. The number of aliphatic hydroxyl groups excluding tert-OH is 2. The Morgan fingerprint density at radius 2 is 1.94 bits per heavy atom. The highest BCUT2D eigenvalue weighted by molar-refractivity contribution is 5.92. The number of piperidine rings is 1. The van der Waals surface area contributed by atoms with Gasteiger partial charge in [0.1, 0.15) is 5.75 Å². The van der Waals surface area contributed by atoms with E-state index < -0.39 is 6.10 Å². The lowest BCUT2D eigenvalue weighted by Gasteiger charge is -2.32. The van der Waals surface area contributed by atoms with E-state index in [0.717, 1.165) is 67.7 Å². The number of phenols is 1. The van der Waals surface area contributed by atoms with Crippen LogP contribution in [0.1, 0.15) is 48.5 Å². The van der Waals surface area contributed by atoms with Crippen LogP contribution in [0, 0.1) is 0 Å². The Hall–Kier alpha value is -2.61. The van der Waals surface area contributed by atoms with Gasteiger partial charge in [-0.1, -0.05) is 12.1 Å². The van der Waals surface area contributed by atoms with Gasteiger partial charge >= 0.3 is 0 Å². The molecule has 1 amide bonds. The fourth-order valence-corrected chi connectivity index (χ4v) is 4.60. The molecule has 0 bridgehead atoms. The SMILES string of the molecule is O=C(CN1CCC(Nc2cccc(O)c2CO)CC1)Nc1ccc2c(c1)CCCC2O. The average Bonchev–Trinajstić information content (AvgIpc) is 2.75.